The van der Waals surface area contributed by atoms with E-state index in [1.165, 1.54) is 48.5 Å². The summed E-state index contributed by atoms with van der Waals surface area (Å²) in [6, 6.07) is 20.9. The average Bonchev–Trinajstić information content (AvgIpc) is 2.79. The first-order valence-electron chi connectivity index (χ1n) is 9.47. The first-order valence-corrected chi connectivity index (χ1v) is 12.6. The molecule has 0 radical (unpaired) electrons. The maximum absolute atomic E-state index is 12.4. The van der Waals surface area contributed by atoms with Crippen molar-refractivity contribution in [3.8, 4) is 0 Å². The fourth-order valence-corrected chi connectivity index (χ4v) is 4.98. The third-order valence-electron chi connectivity index (χ3n) is 4.41. The van der Waals surface area contributed by atoms with Crippen molar-refractivity contribution in [2.45, 2.75) is 16.2 Å². The zero-order chi connectivity index (χ0) is 23.2. The highest BCUT2D eigenvalue weighted by atomic mass is 32.2. The Hall–Kier alpha value is -3.50. The zero-order valence-electron chi connectivity index (χ0n) is 16.8. The van der Waals surface area contributed by atoms with Crippen LogP contribution in [0.15, 0.2) is 94.7 Å². The summed E-state index contributed by atoms with van der Waals surface area (Å²) >= 11 is 0. The Labute approximate surface area is 186 Å². The molecule has 0 aromatic heterocycles. The van der Waals surface area contributed by atoms with Gasteiger partial charge in [0, 0.05) is 17.7 Å². The predicted molar refractivity (Wildman–Crippen MR) is 119 cm³/mol. The molecule has 3 rings (SSSR count). The van der Waals surface area contributed by atoms with Gasteiger partial charge >= 0.3 is 0 Å². The fourth-order valence-electron chi connectivity index (χ4n) is 2.74. The molecular formula is C22H20N2O6S2. The number of anilines is 1. The standard InChI is InChI=1S/C22H20N2O6S2/c25-21(15-16-31(27,28)19-9-5-2-6-10-19)23-18-11-13-20(14-12-18)32(29,30)24-22(26)17-7-3-1-4-8-17/h1-14H,15-16H2,(H,23,25)(H,24,26). The number of hydrogen-bond acceptors (Lipinski definition) is 6. The van der Waals surface area contributed by atoms with E-state index in [1.54, 1.807) is 36.4 Å². The van der Waals surface area contributed by atoms with Crippen LogP contribution in [0.25, 0.3) is 0 Å². The number of carbonyl (C=O) groups excluding carboxylic acids is 2. The van der Waals surface area contributed by atoms with Crippen LogP contribution in [0.5, 0.6) is 0 Å². The van der Waals surface area contributed by atoms with Crippen molar-refractivity contribution in [1.29, 1.82) is 0 Å². The third-order valence-corrected chi connectivity index (χ3v) is 7.49. The van der Waals surface area contributed by atoms with Crippen LogP contribution in [0.4, 0.5) is 5.69 Å². The molecule has 0 atom stereocenters. The minimum atomic E-state index is -4.10. The molecule has 166 valence electrons. The van der Waals surface area contributed by atoms with Gasteiger partial charge in [-0.2, -0.15) is 0 Å². The van der Waals surface area contributed by atoms with Crippen LogP contribution in [0.2, 0.25) is 0 Å². The molecule has 0 aliphatic carbocycles. The Morgan fingerprint density at radius 3 is 1.84 bits per heavy atom. The molecular weight excluding hydrogens is 452 g/mol. The number of sulfone groups is 1. The first kappa shape index (κ1) is 23.2. The number of nitrogens with one attached hydrogen (secondary N) is 2. The fraction of sp³-hybridized carbons (Fsp3) is 0.0909. The highest BCUT2D eigenvalue weighted by Crippen LogP contribution is 2.16. The van der Waals surface area contributed by atoms with Gasteiger partial charge in [0.05, 0.1) is 15.5 Å². The van der Waals surface area contributed by atoms with Crippen LogP contribution >= 0.6 is 0 Å². The van der Waals surface area contributed by atoms with Crippen LogP contribution in [0, 0.1) is 0 Å². The van der Waals surface area contributed by atoms with Gasteiger partial charge in [-0.05, 0) is 48.5 Å². The second-order valence-electron chi connectivity index (χ2n) is 6.76. The molecule has 0 spiro atoms. The van der Waals surface area contributed by atoms with Gasteiger partial charge in [0.1, 0.15) is 0 Å². The Balaban J connectivity index is 1.59. The minimum Gasteiger partial charge on any atom is -0.326 e. The molecule has 10 heteroatoms. The van der Waals surface area contributed by atoms with Crippen LogP contribution in [0.3, 0.4) is 0 Å². The van der Waals surface area contributed by atoms with Gasteiger partial charge in [-0.3, -0.25) is 9.59 Å². The van der Waals surface area contributed by atoms with Gasteiger partial charge < -0.3 is 5.32 Å². The molecule has 32 heavy (non-hydrogen) atoms. The van der Waals surface area contributed by atoms with E-state index < -0.39 is 31.7 Å². The molecule has 0 saturated heterocycles. The molecule has 8 nitrogen and oxygen atoms in total. The summed E-state index contributed by atoms with van der Waals surface area (Å²) in [7, 11) is -7.69. The summed E-state index contributed by atoms with van der Waals surface area (Å²) in [6.45, 7) is 0. The molecule has 0 aliphatic rings. The van der Waals surface area contributed by atoms with E-state index in [0.29, 0.717) is 5.69 Å². The van der Waals surface area contributed by atoms with Gasteiger partial charge in [0.2, 0.25) is 5.91 Å². The molecule has 0 unspecified atom stereocenters. The largest absolute Gasteiger partial charge is 0.326 e. The predicted octanol–water partition coefficient (Wildman–Crippen LogP) is 2.61. The maximum atomic E-state index is 12.4. The number of amides is 2. The zero-order valence-corrected chi connectivity index (χ0v) is 18.4. The Morgan fingerprint density at radius 1 is 0.688 bits per heavy atom. The van der Waals surface area contributed by atoms with E-state index in [1.807, 2.05) is 4.72 Å². The van der Waals surface area contributed by atoms with E-state index in [-0.39, 0.29) is 27.5 Å². The highest BCUT2D eigenvalue weighted by molar-refractivity contribution is 7.91. The second kappa shape index (κ2) is 9.75. The van der Waals surface area contributed by atoms with Crippen molar-refractivity contribution in [3.63, 3.8) is 0 Å². The van der Waals surface area contributed by atoms with Crippen LogP contribution in [0.1, 0.15) is 16.8 Å². The van der Waals surface area contributed by atoms with Crippen molar-refractivity contribution in [1.82, 2.24) is 4.72 Å². The van der Waals surface area contributed by atoms with Crippen molar-refractivity contribution in [2.24, 2.45) is 0 Å². The molecule has 2 N–H and O–H groups in total. The summed E-state index contributed by atoms with van der Waals surface area (Å²) in [6.07, 6.45) is -0.260. The third kappa shape index (κ3) is 6.02. The Bertz CT molecular complexity index is 1310. The van der Waals surface area contributed by atoms with E-state index in [9.17, 15) is 26.4 Å². The van der Waals surface area contributed by atoms with Gasteiger partial charge in [0.15, 0.2) is 9.84 Å². The minimum absolute atomic E-state index is 0.139. The van der Waals surface area contributed by atoms with Crippen molar-refractivity contribution < 1.29 is 26.4 Å². The lowest BCUT2D eigenvalue weighted by molar-refractivity contribution is -0.115. The normalized spacial score (nSPS) is 11.5. The molecule has 3 aromatic rings. The van der Waals surface area contributed by atoms with E-state index >= 15 is 0 Å². The summed E-state index contributed by atoms with van der Waals surface area (Å²) in [5.74, 6) is -1.65. The molecule has 0 heterocycles. The first-order chi connectivity index (χ1) is 15.2. The Morgan fingerprint density at radius 2 is 1.25 bits per heavy atom. The summed E-state index contributed by atoms with van der Waals surface area (Å²) in [5.41, 5.74) is 0.492. The Kier molecular flexibility index (Phi) is 7.06. The monoisotopic (exact) mass is 472 g/mol. The van der Waals surface area contributed by atoms with Gasteiger partial charge in [-0.15, -0.1) is 0 Å². The number of hydrogen-bond donors (Lipinski definition) is 2. The number of rotatable bonds is 8. The average molecular weight is 473 g/mol. The molecule has 0 fully saturated rings. The van der Waals surface area contributed by atoms with Crippen LogP contribution in [-0.4, -0.2) is 34.4 Å². The second-order valence-corrected chi connectivity index (χ2v) is 10.5. The molecule has 2 amide bonds. The van der Waals surface area contributed by atoms with E-state index in [2.05, 4.69) is 5.32 Å². The quantitative estimate of drug-likeness (QED) is 0.519. The number of carbonyl (C=O) groups is 2. The van der Waals surface area contributed by atoms with Crippen LogP contribution in [-0.2, 0) is 24.7 Å². The van der Waals surface area contributed by atoms with Gasteiger partial charge in [-0.1, -0.05) is 36.4 Å². The van der Waals surface area contributed by atoms with Crippen molar-refractivity contribution >= 4 is 37.4 Å². The van der Waals surface area contributed by atoms with Gasteiger partial charge in [0.25, 0.3) is 15.9 Å². The lowest BCUT2D eigenvalue weighted by Gasteiger charge is -2.09. The summed E-state index contributed by atoms with van der Waals surface area (Å²) < 4.78 is 51.3. The summed E-state index contributed by atoms with van der Waals surface area (Å²) in [4.78, 5) is 24.2. The van der Waals surface area contributed by atoms with Crippen molar-refractivity contribution in [2.75, 3.05) is 11.1 Å². The summed E-state index contributed by atoms with van der Waals surface area (Å²) in [5, 5.41) is 2.53. The highest BCUT2D eigenvalue weighted by Gasteiger charge is 2.19. The lowest BCUT2D eigenvalue weighted by Crippen LogP contribution is -2.30. The SMILES string of the molecule is O=C(CCS(=O)(=O)c1ccccc1)Nc1ccc(S(=O)(=O)NC(=O)c2ccccc2)cc1. The topological polar surface area (TPSA) is 126 Å². The molecule has 0 aliphatic heterocycles. The molecule has 0 bridgehead atoms. The maximum Gasteiger partial charge on any atom is 0.264 e. The molecule has 0 saturated carbocycles. The number of benzene rings is 3. The lowest BCUT2D eigenvalue weighted by atomic mass is 10.2. The van der Waals surface area contributed by atoms with Crippen LogP contribution < -0.4 is 10.0 Å². The van der Waals surface area contributed by atoms with Crippen molar-refractivity contribution in [3.05, 3.63) is 90.5 Å². The van der Waals surface area contributed by atoms with E-state index in [0.717, 1.165) is 0 Å². The molecule has 3 aromatic carbocycles. The van der Waals surface area contributed by atoms with Gasteiger partial charge in [-0.25, -0.2) is 21.6 Å². The van der Waals surface area contributed by atoms with E-state index in [4.69, 9.17) is 0 Å². The smallest absolute Gasteiger partial charge is 0.264 e. The number of sulfonamides is 1.